The number of carbonyl (C=O) groups excluding carboxylic acids is 1. The van der Waals surface area contributed by atoms with Crippen molar-refractivity contribution in [1.29, 1.82) is 0 Å². The first-order valence-electron chi connectivity index (χ1n) is 8.65. The first-order chi connectivity index (χ1) is 10.8. The second kappa shape index (κ2) is 7.63. The average Bonchev–Trinajstić information content (AvgIpc) is 2.61. The zero-order valence-corrected chi connectivity index (χ0v) is 13.4. The van der Waals surface area contributed by atoms with E-state index >= 15 is 0 Å². The molecule has 2 saturated heterocycles. The quantitative estimate of drug-likeness (QED) is 0.924. The summed E-state index contributed by atoms with van der Waals surface area (Å²) in [5.41, 5.74) is 2.60. The lowest BCUT2D eigenvalue weighted by Crippen LogP contribution is -2.46. The summed E-state index contributed by atoms with van der Waals surface area (Å²) in [4.78, 5) is 16.6. The summed E-state index contributed by atoms with van der Waals surface area (Å²) in [5.74, 6) is 0.293. The van der Waals surface area contributed by atoms with Gasteiger partial charge in [0.1, 0.15) is 0 Å². The summed E-state index contributed by atoms with van der Waals surface area (Å²) >= 11 is 0. The van der Waals surface area contributed by atoms with Crippen LogP contribution in [0.5, 0.6) is 0 Å². The molecule has 2 fully saturated rings. The van der Waals surface area contributed by atoms with Crippen LogP contribution in [0.1, 0.15) is 31.2 Å². The molecule has 4 nitrogen and oxygen atoms in total. The number of piperidine rings is 1. The van der Waals surface area contributed by atoms with Crippen LogP contribution < -0.4 is 10.2 Å². The molecule has 0 atom stereocenters. The Morgan fingerprint density at radius 1 is 0.955 bits per heavy atom. The highest BCUT2D eigenvalue weighted by Gasteiger charge is 2.16. The van der Waals surface area contributed by atoms with Crippen LogP contribution in [0.2, 0.25) is 0 Å². The summed E-state index contributed by atoms with van der Waals surface area (Å²) in [5, 5.41) is 3.28. The summed E-state index contributed by atoms with van der Waals surface area (Å²) in [6.45, 7) is 5.92. The Kier molecular flexibility index (Phi) is 5.33. The Morgan fingerprint density at radius 2 is 1.64 bits per heavy atom. The molecule has 0 aromatic heterocycles. The summed E-state index contributed by atoms with van der Waals surface area (Å²) < 4.78 is 0. The van der Waals surface area contributed by atoms with Crippen LogP contribution in [0.25, 0.3) is 0 Å². The number of carbonyl (C=O) groups is 1. The van der Waals surface area contributed by atoms with Crippen molar-refractivity contribution in [1.82, 2.24) is 10.2 Å². The molecule has 1 aromatic rings. The highest BCUT2D eigenvalue weighted by atomic mass is 16.2. The Balaban J connectivity index is 1.49. The van der Waals surface area contributed by atoms with E-state index in [2.05, 4.69) is 34.5 Å². The molecule has 0 bridgehead atoms. The van der Waals surface area contributed by atoms with Crippen LogP contribution in [0, 0.1) is 0 Å². The molecule has 1 N–H and O–H groups in total. The van der Waals surface area contributed by atoms with Crippen LogP contribution >= 0.6 is 0 Å². The number of hydrogen-bond donors (Lipinski definition) is 1. The van der Waals surface area contributed by atoms with E-state index in [0.29, 0.717) is 12.3 Å². The number of anilines is 1. The molecule has 0 aliphatic carbocycles. The van der Waals surface area contributed by atoms with E-state index < -0.39 is 0 Å². The third kappa shape index (κ3) is 4.01. The van der Waals surface area contributed by atoms with Gasteiger partial charge in [-0.05, 0) is 43.4 Å². The molecule has 2 heterocycles. The maximum absolute atomic E-state index is 12.2. The molecule has 1 aromatic carbocycles. The smallest absolute Gasteiger partial charge is 0.222 e. The Hall–Kier alpha value is -1.55. The Bertz CT molecular complexity index is 474. The topological polar surface area (TPSA) is 35.6 Å². The van der Waals surface area contributed by atoms with E-state index in [1.165, 1.54) is 43.6 Å². The number of nitrogens with zero attached hydrogens (tertiary/aromatic N) is 2. The van der Waals surface area contributed by atoms with Crippen molar-refractivity contribution in [2.45, 2.75) is 32.1 Å². The standard InChI is InChI=1S/C18H27N3O/c22-18(21-14-10-19-11-15-21)9-6-16-4-7-17(8-5-16)20-12-2-1-3-13-20/h4-5,7-8,19H,1-3,6,9-15H2. The molecule has 0 saturated carbocycles. The fourth-order valence-corrected chi connectivity index (χ4v) is 3.35. The molecule has 2 aliphatic rings. The van der Waals surface area contributed by atoms with Crippen molar-refractivity contribution in [3.63, 3.8) is 0 Å². The molecule has 120 valence electrons. The maximum atomic E-state index is 12.2. The van der Waals surface area contributed by atoms with Crippen LogP contribution in [0.15, 0.2) is 24.3 Å². The molecule has 22 heavy (non-hydrogen) atoms. The van der Waals surface area contributed by atoms with Crippen molar-refractivity contribution < 1.29 is 4.79 Å². The Morgan fingerprint density at radius 3 is 2.32 bits per heavy atom. The van der Waals surface area contributed by atoms with Gasteiger partial charge in [-0.25, -0.2) is 0 Å². The van der Waals surface area contributed by atoms with E-state index in [4.69, 9.17) is 0 Å². The lowest BCUT2D eigenvalue weighted by atomic mass is 10.1. The second-order valence-electron chi connectivity index (χ2n) is 6.34. The van der Waals surface area contributed by atoms with Gasteiger partial charge >= 0.3 is 0 Å². The number of nitrogens with one attached hydrogen (secondary N) is 1. The van der Waals surface area contributed by atoms with Gasteiger partial charge in [-0.3, -0.25) is 4.79 Å². The number of piperazine rings is 1. The van der Waals surface area contributed by atoms with Gasteiger partial charge in [0.05, 0.1) is 0 Å². The molecule has 1 amide bonds. The van der Waals surface area contributed by atoms with Gasteiger partial charge in [-0.1, -0.05) is 12.1 Å². The highest BCUT2D eigenvalue weighted by Crippen LogP contribution is 2.20. The van der Waals surface area contributed by atoms with Gasteiger partial charge in [0, 0.05) is 51.4 Å². The number of rotatable bonds is 4. The lowest BCUT2D eigenvalue weighted by molar-refractivity contribution is -0.131. The molecule has 0 unspecified atom stereocenters. The normalized spacial score (nSPS) is 19.3. The predicted octanol–water partition coefficient (Wildman–Crippen LogP) is 2.04. The summed E-state index contributed by atoms with van der Waals surface area (Å²) in [6.07, 6.45) is 5.46. The van der Waals surface area contributed by atoms with Gasteiger partial charge < -0.3 is 15.1 Å². The molecule has 3 rings (SSSR count). The minimum absolute atomic E-state index is 0.293. The summed E-state index contributed by atoms with van der Waals surface area (Å²) in [6, 6.07) is 8.82. The maximum Gasteiger partial charge on any atom is 0.222 e. The van der Waals surface area contributed by atoms with Crippen LogP contribution in [0.4, 0.5) is 5.69 Å². The van der Waals surface area contributed by atoms with E-state index in [9.17, 15) is 4.79 Å². The fraction of sp³-hybridized carbons (Fsp3) is 0.611. The van der Waals surface area contributed by atoms with Gasteiger partial charge in [0.25, 0.3) is 0 Å². The minimum Gasteiger partial charge on any atom is -0.372 e. The van der Waals surface area contributed by atoms with E-state index in [0.717, 1.165) is 32.6 Å². The molecular formula is C18H27N3O. The van der Waals surface area contributed by atoms with Crippen molar-refractivity contribution in [3.8, 4) is 0 Å². The molecule has 0 spiro atoms. The van der Waals surface area contributed by atoms with Crippen LogP contribution in [-0.4, -0.2) is 50.1 Å². The average molecular weight is 301 g/mol. The van der Waals surface area contributed by atoms with Gasteiger partial charge in [-0.2, -0.15) is 0 Å². The van der Waals surface area contributed by atoms with Crippen LogP contribution in [0.3, 0.4) is 0 Å². The molecule has 2 aliphatic heterocycles. The van der Waals surface area contributed by atoms with E-state index in [1.807, 2.05) is 4.90 Å². The third-order valence-electron chi connectivity index (χ3n) is 4.75. The number of aryl methyl sites for hydroxylation is 1. The van der Waals surface area contributed by atoms with Crippen molar-refractivity contribution >= 4 is 11.6 Å². The molecule has 4 heteroatoms. The summed E-state index contributed by atoms with van der Waals surface area (Å²) in [7, 11) is 0. The van der Waals surface area contributed by atoms with Crippen molar-refractivity contribution in [2.24, 2.45) is 0 Å². The van der Waals surface area contributed by atoms with Crippen molar-refractivity contribution in [2.75, 3.05) is 44.2 Å². The number of benzene rings is 1. The third-order valence-corrected chi connectivity index (χ3v) is 4.75. The fourth-order valence-electron chi connectivity index (χ4n) is 3.35. The minimum atomic E-state index is 0.293. The van der Waals surface area contributed by atoms with Gasteiger partial charge in [0.2, 0.25) is 5.91 Å². The number of amides is 1. The first kappa shape index (κ1) is 15.3. The first-order valence-corrected chi connectivity index (χ1v) is 8.65. The van der Waals surface area contributed by atoms with Crippen molar-refractivity contribution in [3.05, 3.63) is 29.8 Å². The Labute approximate surface area is 133 Å². The van der Waals surface area contributed by atoms with Gasteiger partial charge in [-0.15, -0.1) is 0 Å². The van der Waals surface area contributed by atoms with E-state index in [-0.39, 0.29) is 0 Å². The second-order valence-corrected chi connectivity index (χ2v) is 6.34. The monoisotopic (exact) mass is 301 g/mol. The largest absolute Gasteiger partial charge is 0.372 e. The predicted molar refractivity (Wildman–Crippen MR) is 90.3 cm³/mol. The highest BCUT2D eigenvalue weighted by molar-refractivity contribution is 5.76. The zero-order chi connectivity index (χ0) is 15.2. The molecular weight excluding hydrogens is 274 g/mol. The number of hydrogen-bond acceptors (Lipinski definition) is 3. The molecule has 0 radical (unpaired) electrons. The zero-order valence-electron chi connectivity index (χ0n) is 13.4. The van der Waals surface area contributed by atoms with E-state index in [1.54, 1.807) is 0 Å². The van der Waals surface area contributed by atoms with Crippen LogP contribution in [-0.2, 0) is 11.2 Å². The lowest BCUT2D eigenvalue weighted by Gasteiger charge is -2.29. The van der Waals surface area contributed by atoms with Gasteiger partial charge in [0.15, 0.2) is 0 Å². The SMILES string of the molecule is O=C(CCc1ccc(N2CCCCC2)cc1)N1CCNCC1.